The molecule has 0 radical (unpaired) electrons. The van der Waals surface area contributed by atoms with Crippen molar-refractivity contribution < 1.29 is 0 Å². The second kappa shape index (κ2) is 6.81. The van der Waals surface area contributed by atoms with Gasteiger partial charge in [-0.1, -0.05) is 37.5 Å². The summed E-state index contributed by atoms with van der Waals surface area (Å²) in [5, 5.41) is 3.57. The zero-order valence-electron chi connectivity index (χ0n) is 9.89. The van der Waals surface area contributed by atoms with Crippen molar-refractivity contribution >= 4 is 0 Å². The maximum atomic E-state index is 5.53. The molecule has 2 heteroatoms. The van der Waals surface area contributed by atoms with E-state index in [0.717, 1.165) is 12.1 Å². The first kappa shape index (κ1) is 12.5. The van der Waals surface area contributed by atoms with Crippen LogP contribution in [0.3, 0.4) is 0 Å². The lowest BCUT2D eigenvalue weighted by atomic mass is 9.95. The SMILES string of the molecule is C=C(/C=C(\C)CN)CNC1CCCCC1. The van der Waals surface area contributed by atoms with Gasteiger partial charge in [-0.25, -0.2) is 0 Å². The minimum Gasteiger partial charge on any atom is -0.327 e. The average molecular weight is 208 g/mol. The molecule has 1 rings (SSSR count). The van der Waals surface area contributed by atoms with E-state index in [-0.39, 0.29) is 0 Å². The molecule has 1 saturated carbocycles. The fourth-order valence-electron chi connectivity index (χ4n) is 2.04. The summed E-state index contributed by atoms with van der Waals surface area (Å²) in [7, 11) is 0. The molecule has 0 saturated heterocycles. The quantitative estimate of drug-likeness (QED) is 0.681. The molecule has 0 aliphatic heterocycles. The Balaban J connectivity index is 2.21. The second-order valence-corrected chi connectivity index (χ2v) is 4.57. The van der Waals surface area contributed by atoms with Gasteiger partial charge in [0, 0.05) is 19.1 Å². The summed E-state index contributed by atoms with van der Waals surface area (Å²) in [4.78, 5) is 0. The Labute approximate surface area is 93.6 Å². The third-order valence-corrected chi connectivity index (χ3v) is 3.00. The predicted octanol–water partition coefficient (Wildman–Crippen LogP) is 2.37. The van der Waals surface area contributed by atoms with Crippen molar-refractivity contribution in [2.45, 2.75) is 45.1 Å². The zero-order valence-corrected chi connectivity index (χ0v) is 9.89. The molecular weight excluding hydrogens is 184 g/mol. The lowest BCUT2D eigenvalue weighted by Gasteiger charge is -2.23. The Hall–Kier alpha value is -0.600. The van der Waals surface area contributed by atoms with Gasteiger partial charge in [0.15, 0.2) is 0 Å². The number of nitrogens with one attached hydrogen (secondary N) is 1. The zero-order chi connectivity index (χ0) is 11.1. The van der Waals surface area contributed by atoms with Gasteiger partial charge in [-0.15, -0.1) is 0 Å². The molecule has 1 aliphatic carbocycles. The van der Waals surface area contributed by atoms with Crippen LogP contribution in [-0.4, -0.2) is 19.1 Å². The average Bonchev–Trinajstić information content (AvgIpc) is 2.27. The maximum Gasteiger partial charge on any atom is 0.0202 e. The van der Waals surface area contributed by atoms with Gasteiger partial charge >= 0.3 is 0 Å². The highest BCUT2D eigenvalue weighted by molar-refractivity contribution is 5.21. The van der Waals surface area contributed by atoms with Crippen LogP contribution >= 0.6 is 0 Å². The van der Waals surface area contributed by atoms with Crippen molar-refractivity contribution in [1.29, 1.82) is 0 Å². The number of hydrogen-bond donors (Lipinski definition) is 2. The number of nitrogens with two attached hydrogens (primary N) is 1. The first-order chi connectivity index (χ1) is 7.22. The Morgan fingerprint density at radius 3 is 2.67 bits per heavy atom. The highest BCUT2D eigenvalue weighted by Crippen LogP contribution is 2.17. The topological polar surface area (TPSA) is 38.0 Å². The Morgan fingerprint density at radius 1 is 1.40 bits per heavy atom. The monoisotopic (exact) mass is 208 g/mol. The number of rotatable bonds is 5. The third kappa shape index (κ3) is 5.14. The van der Waals surface area contributed by atoms with Crippen LogP contribution in [-0.2, 0) is 0 Å². The van der Waals surface area contributed by atoms with Crippen molar-refractivity contribution in [3.63, 3.8) is 0 Å². The standard InChI is InChI=1S/C13H24N2/c1-11(9-14)8-12(2)10-15-13-6-4-3-5-7-13/h8,13,15H,2-7,9-10,14H2,1H3/b11-8+. The van der Waals surface area contributed by atoms with E-state index in [2.05, 4.69) is 18.0 Å². The summed E-state index contributed by atoms with van der Waals surface area (Å²) in [6.07, 6.45) is 8.91. The van der Waals surface area contributed by atoms with E-state index in [1.54, 1.807) is 0 Å². The van der Waals surface area contributed by atoms with Gasteiger partial charge in [0.2, 0.25) is 0 Å². The van der Waals surface area contributed by atoms with Gasteiger partial charge in [0.25, 0.3) is 0 Å². The Morgan fingerprint density at radius 2 is 2.07 bits per heavy atom. The molecule has 0 amide bonds. The van der Waals surface area contributed by atoms with Crippen molar-refractivity contribution in [2.24, 2.45) is 5.73 Å². The van der Waals surface area contributed by atoms with Gasteiger partial charge in [-0.05, 0) is 25.3 Å². The molecule has 1 aliphatic rings. The van der Waals surface area contributed by atoms with Crippen molar-refractivity contribution in [2.75, 3.05) is 13.1 Å². The van der Waals surface area contributed by atoms with E-state index in [0.29, 0.717) is 12.6 Å². The summed E-state index contributed by atoms with van der Waals surface area (Å²) in [6, 6.07) is 0.710. The first-order valence-electron chi connectivity index (χ1n) is 6.00. The van der Waals surface area contributed by atoms with E-state index >= 15 is 0 Å². The molecule has 3 N–H and O–H groups in total. The molecule has 15 heavy (non-hydrogen) atoms. The maximum absolute atomic E-state index is 5.53. The van der Waals surface area contributed by atoms with E-state index in [4.69, 9.17) is 5.73 Å². The molecule has 0 atom stereocenters. The van der Waals surface area contributed by atoms with Gasteiger partial charge in [-0.3, -0.25) is 0 Å². The Bertz CT molecular complexity index is 225. The van der Waals surface area contributed by atoms with Crippen LogP contribution in [0.15, 0.2) is 23.8 Å². The first-order valence-corrected chi connectivity index (χ1v) is 6.00. The molecule has 1 fully saturated rings. The molecule has 0 aromatic heterocycles. The van der Waals surface area contributed by atoms with Crippen LogP contribution in [0, 0.1) is 0 Å². The fraction of sp³-hybridized carbons (Fsp3) is 0.692. The minimum atomic E-state index is 0.627. The van der Waals surface area contributed by atoms with Crippen LogP contribution in [0.2, 0.25) is 0 Å². The van der Waals surface area contributed by atoms with Crippen LogP contribution < -0.4 is 11.1 Å². The van der Waals surface area contributed by atoms with E-state index < -0.39 is 0 Å². The second-order valence-electron chi connectivity index (χ2n) is 4.57. The molecule has 0 aromatic carbocycles. The normalized spacial score (nSPS) is 19.2. The molecule has 0 spiro atoms. The van der Waals surface area contributed by atoms with Crippen molar-refractivity contribution in [3.05, 3.63) is 23.8 Å². The molecule has 2 nitrogen and oxygen atoms in total. The molecule has 0 heterocycles. The van der Waals surface area contributed by atoms with E-state index in [1.807, 2.05) is 6.92 Å². The van der Waals surface area contributed by atoms with Gasteiger partial charge in [-0.2, -0.15) is 0 Å². The van der Waals surface area contributed by atoms with Crippen molar-refractivity contribution in [3.8, 4) is 0 Å². The minimum absolute atomic E-state index is 0.627. The Kier molecular flexibility index (Phi) is 5.66. The van der Waals surface area contributed by atoms with Crippen LogP contribution in [0.1, 0.15) is 39.0 Å². The fourth-order valence-corrected chi connectivity index (χ4v) is 2.04. The smallest absolute Gasteiger partial charge is 0.0202 e. The van der Waals surface area contributed by atoms with Gasteiger partial charge in [0.05, 0.1) is 0 Å². The largest absolute Gasteiger partial charge is 0.327 e. The predicted molar refractivity (Wildman–Crippen MR) is 66.8 cm³/mol. The molecule has 86 valence electrons. The molecule has 0 bridgehead atoms. The highest BCUT2D eigenvalue weighted by atomic mass is 14.9. The molecular formula is C13H24N2. The summed E-state index contributed by atoms with van der Waals surface area (Å²) in [5.41, 5.74) is 7.87. The summed E-state index contributed by atoms with van der Waals surface area (Å²) >= 11 is 0. The van der Waals surface area contributed by atoms with Crippen LogP contribution in [0.25, 0.3) is 0 Å². The van der Waals surface area contributed by atoms with E-state index in [1.165, 1.54) is 37.7 Å². The van der Waals surface area contributed by atoms with Gasteiger partial charge < -0.3 is 11.1 Å². The van der Waals surface area contributed by atoms with E-state index in [9.17, 15) is 0 Å². The summed E-state index contributed by atoms with van der Waals surface area (Å²) in [5.74, 6) is 0. The summed E-state index contributed by atoms with van der Waals surface area (Å²) in [6.45, 7) is 7.61. The highest BCUT2D eigenvalue weighted by Gasteiger charge is 2.11. The third-order valence-electron chi connectivity index (χ3n) is 3.00. The van der Waals surface area contributed by atoms with Crippen LogP contribution in [0.5, 0.6) is 0 Å². The molecule has 0 unspecified atom stereocenters. The van der Waals surface area contributed by atoms with Crippen molar-refractivity contribution in [1.82, 2.24) is 5.32 Å². The van der Waals surface area contributed by atoms with Gasteiger partial charge in [0.1, 0.15) is 0 Å². The number of hydrogen-bond acceptors (Lipinski definition) is 2. The molecule has 0 aromatic rings. The summed E-state index contributed by atoms with van der Waals surface area (Å²) < 4.78 is 0. The lowest BCUT2D eigenvalue weighted by molar-refractivity contribution is 0.383. The van der Waals surface area contributed by atoms with Crippen LogP contribution in [0.4, 0.5) is 0 Å². The lowest BCUT2D eigenvalue weighted by Crippen LogP contribution is -2.32.